The minimum atomic E-state index is -4.45. The molecule has 25 heavy (non-hydrogen) atoms. The molecular weight excluding hydrogens is 517 g/mol. The van der Waals surface area contributed by atoms with E-state index in [-0.39, 0.29) is 25.8 Å². The third-order valence-corrected chi connectivity index (χ3v) is 2.57. The summed E-state index contributed by atoms with van der Waals surface area (Å²) in [6, 6.07) is 10.4. The topological polar surface area (TPSA) is 80.9 Å². The zero-order valence-electron chi connectivity index (χ0n) is 12.3. The van der Waals surface area contributed by atoms with Gasteiger partial charge in [0.05, 0.1) is 11.5 Å². The van der Waals surface area contributed by atoms with Crippen LogP contribution in [0.4, 0.5) is 13.2 Å². The number of hydrogen-bond donors (Lipinski definition) is 1. The van der Waals surface area contributed by atoms with E-state index in [0.29, 0.717) is 5.82 Å². The number of rotatable bonds is 2. The smallest absolute Gasteiger partial charge is 0.388 e. The molecule has 0 saturated heterocycles. The van der Waals surface area contributed by atoms with Crippen LogP contribution in [0, 0.1) is 6.20 Å². The van der Waals surface area contributed by atoms with Crippen molar-refractivity contribution in [3.8, 4) is 5.82 Å². The average molecular weight is 527 g/mol. The predicted octanol–water partition coefficient (Wildman–Crippen LogP) is 2.86. The van der Waals surface area contributed by atoms with Crippen molar-refractivity contribution in [2.45, 2.75) is 6.18 Å². The second kappa shape index (κ2) is 9.05. The Morgan fingerprint density at radius 3 is 2.12 bits per heavy atom. The van der Waals surface area contributed by atoms with Crippen LogP contribution in [0.5, 0.6) is 0 Å². The van der Waals surface area contributed by atoms with E-state index >= 15 is 0 Å². The van der Waals surface area contributed by atoms with Crippen LogP contribution in [-0.4, -0.2) is 30.8 Å². The van der Waals surface area contributed by atoms with Crippen molar-refractivity contribution >= 4 is 5.97 Å². The van der Waals surface area contributed by atoms with Crippen LogP contribution >= 0.6 is 0 Å². The molecule has 1 N–H and O–H groups in total. The number of pyridine rings is 2. The molecule has 0 saturated carbocycles. The minimum Gasteiger partial charge on any atom is -0.477 e. The number of carboxylic acids is 1. The summed E-state index contributed by atoms with van der Waals surface area (Å²) in [7, 11) is 0. The van der Waals surface area contributed by atoms with E-state index in [1.807, 2.05) is 0 Å². The third kappa shape index (κ3) is 6.09. The Morgan fingerprint density at radius 1 is 1.08 bits per heavy atom. The summed E-state index contributed by atoms with van der Waals surface area (Å²) in [6.07, 6.45) is 0.822. The van der Waals surface area contributed by atoms with Gasteiger partial charge in [0, 0.05) is 32.5 Å². The van der Waals surface area contributed by atoms with Gasteiger partial charge in [-0.15, -0.1) is 6.07 Å². The number of nitrogens with zero attached hydrogens (tertiary/aromatic N) is 4. The molecule has 0 atom stereocenters. The van der Waals surface area contributed by atoms with E-state index in [9.17, 15) is 18.0 Å². The summed E-state index contributed by atoms with van der Waals surface area (Å²) in [6.45, 7) is 0. The number of aromatic carboxylic acids is 1. The Morgan fingerprint density at radius 2 is 1.72 bits per heavy atom. The largest absolute Gasteiger partial charge is 0.477 e. The van der Waals surface area contributed by atoms with E-state index in [0.717, 1.165) is 10.7 Å². The van der Waals surface area contributed by atoms with Crippen LogP contribution in [0.2, 0.25) is 0 Å². The van der Waals surface area contributed by atoms with E-state index in [1.54, 1.807) is 30.3 Å². The maximum atomic E-state index is 12.2. The molecule has 3 heterocycles. The van der Waals surface area contributed by atoms with E-state index in [2.05, 4.69) is 21.3 Å². The first kappa shape index (κ1) is 20.5. The Balaban J connectivity index is 0.000000270. The molecule has 0 aliphatic rings. The molecule has 0 spiro atoms. The molecule has 0 aromatic carbocycles. The van der Waals surface area contributed by atoms with Gasteiger partial charge in [-0.1, -0.05) is 24.4 Å². The molecule has 133 valence electrons. The second-order valence-electron chi connectivity index (χ2n) is 4.28. The molecule has 10 heteroatoms. The molecule has 3 aromatic rings. The van der Waals surface area contributed by atoms with Gasteiger partial charge >= 0.3 is 12.1 Å². The molecule has 0 aliphatic carbocycles. The first-order valence-electron chi connectivity index (χ1n) is 6.48. The van der Waals surface area contributed by atoms with Gasteiger partial charge in [-0.05, 0) is 18.2 Å². The number of hydrogen-bond acceptors (Lipinski definition) is 4. The average Bonchev–Trinajstić information content (AvgIpc) is 3.07. The molecule has 3 rings (SSSR count). The standard InChI is InChI=1S/C9H5F3N3.C6H5NO2.Ir/c10-9(11,12)7-4-6-15(14-7)8-3-1-2-5-13-8;8-6(9)5-3-1-2-4-7-5;/h1-5H;1-4H,(H,8,9);/q-1;;. The minimum absolute atomic E-state index is 0. The molecule has 0 amide bonds. The summed E-state index contributed by atoms with van der Waals surface area (Å²) < 4.78 is 37.6. The van der Waals surface area contributed by atoms with Crippen LogP contribution in [0.3, 0.4) is 0 Å². The van der Waals surface area contributed by atoms with E-state index < -0.39 is 17.8 Å². The van der Waals surface area contributed by atoms with E-state index in [1.165, 1.54) is 18.5 Å². The number of carboxylic acid groups (broad SMARTS) is 1. The van der Waals surface area contributed by atoms with Crippen LogP contribution in [-0.2, 0) is 26.3 Å². The van der Waals surface area contributed by atoms with Crippen LogP contribution in [0.25, 0.3) is 5.82 Å². The first-order valence-corrected chi connectivity index (χ1v) is 6.48. The second-order valence-corrected chi connectivity index (χ2v) is 4.28. The summed E-state index contributed by atoms with van der Waals surface area (Å²) >= 11 is 0. The van der Waals surface area contributed by atoms with Crippen molar-refractivity contribution in [1.29, 1.82) is 0 Å². The number of halogens is 3. The zero-order valence-corrected chi connectivity index (χ0v) is 14.7. The van der Waals surface area contributed by atoms with Gasteiger partial charge in [-0.3, -0.25) is 5.10 Å². The molecule has 1 radical (unpaired) electrons. The molecule has 0 fully saturated rings. The summed E-state index contributed by atoms with van der Waals surface area (Å²) in [5.41, 5.74) is -0.898. The van der Waals surface area contributed by atoms with Gasteiger partial charge in [0.15, 0.2) is 0 Å². The fourth-order valence-electron chi connectivity index (χ4n) is 1.51. The van der Waals surface area contributed by atoms with Gasteiger partial charge < -0.3 is 14.8 Å². The summed E-state index contributed by atoms with van der Waals surface area (Å²) in [5.74, 6) is -0.691. The quantitative estimate of drug-likeness (QED) is 0.519. The van der Waals surface area contributed by atoms with Gasteiger partial charge in [0.2, 0.25) is 0 Å². The molecule has 0 aliphatic heterocycles. The van der Waals surface area contributed by atoms with Crippen molar-refractivity contribution < 1.29 is 43.2 Å². The first-order chi connectivity index (χ1) is 11.4. The van der Waals surface area contributed by atoms with Gasteiger partial charge in [0.25, 0.3) is 0 Å². The predicted molar refractivity (Wildman–Crippen MR) is 76.4 cm³/mol. The van der Waals surface area contributed by atoms with Crippen molar-refractivity contribution in [3.05, 3.63) is 72.4 Å². The van der Waals surface area contributed by atoms with Gasteiger partial charge in [0.1, 0.15) is 5.69 Å². The number of carbonyl (C=O) groups is 1. The fraction of sp³-hybridized carbons (Fsp3) is 0.0667. The fourth-order valence-corrected chi connectivity index (χ4v) is 1.51. The van der Waals surface area contributed by atoms with Crippen LogP contribution in [0.1, 0.15) is 16.2 Å². The normalized spacial score (nSPS) is 10.2. The SMILES string of the molecule is FC(F)(F)c1c[c-]n(-c2ccccn2)n1.O=C(O)c1ccccn1.[Ir]. The zero-order chi connectivity index (χ0) is 17.6. The molecule has 0 unspecified atom stereocenters. The maximum Gasteiger partial charge on any atom is 0.388 e. The van der Waals surface area contributed by atoms with E-state index in [4.69, 9.17) is 5.11 Å². The van der Waals surface area contributed by atoms with Crippen molar-refractivity contribution in [1.82, 2.24) is 19.7 Å². The maximum absolute atomic E-state index is 12.2. The Kier molecular flexibility index (Phi) is 7.41. The van der Waals surface area contributed by atoms with Crippen LogP contribution in [0.15, 0.2) is 54.9 Å². The Labute approximate surface area is 153 Å². The monoisotopic (exact) mass is 528 g/mol. The molecule has 3 aromatic heterocycles. The summed E-state index contributed by atoms with van der Waals surface area (Å²) in [4.78, 5) is 17.6. The Bertz CT molecular complexity index is 795. The van der Waals surface area contributed by atoms with Gasteiger partial charge in [-0.2, -0.15) is 13.2 Å². The Hall–Kier alpha value is -2.58. The third-order valence-electron chi connectivity index (χ3n) is 2.57. The van der Waals surface area contributed by atoms with Crippen molar-refractivity contribution in [2.24, 2.45) is 0 Å². The molecule has 6 nitrogen and oxygen atoms in total. The summed E-state index contributed by atoms with van der Waals surface area (Å²) in [5, 5.41) is 11.6. The number of aromatic nitrogens is 4. The molecule has 0 bridgehead atoms. The van der Waals surface area contributed by atoms with Crippen LogP contribution < -0.4 is 0 Å². The van der Waals surface area contributed by atoms with Gasteiger partial charge in [-0.25, -0.2) is 9.78 Å². The molecular formula is C15H10F3IrN4O2-. The van der Waals surface area contributed by atoms with Crippen molar-refractivity contribution in [3.63, 3.8) is 0 Å². The number of alkyl halides is 3. The van der Waals surface area contributed by atoms with Crippen molar-refractivity contribution in [2.75, 3.05) is 0 Å².